The van der Waals surface area contributed by atoms with Crippen molar-refractivity contribution in [1.82, 2.24) is 14.5 Å². The summed E-state index contributed by atoms with van der Waals surface area (Å²) in [5.41, 5.74) is 8.25. The zero-order valence-electron chi connectivity index (χ0n) is 24.0. The largest absolute Gasteiger partial charge is 2.00 e. The summed E-state index contributed by atoms with van der Waals surface area (Å²) in [6.07, 6.45) is 3.64. The van der Waals surface area contributed by atoms with Gasteiger partial charge in [-0.1, -0.05) is 84.2 Å². The van der Waals surface area contributed by atoms with Crippen LogP contribution in [0.1, 0.15) is 0 Å². The predicted molar refractivity (Wildman–Crippen MR) is 177 cm³/mol. The van der Waals surface area contributed by atoms with E-state index in [9.17, 15) is 0 Å². The molecule has 5 heteroatoms. The Morgan fingerprint density at radius 1 is 0.511 bits per heavy atom. The minimum absolute atomic E-state index is 0. The van der Waals surface area contributed by atoms with Crippen molar-refractivity contribution in [2.24, 2.45) is 0 Å². The number of aromatic nitrogens is 3. The van der Waals surface area contributed by atoms with E-state index in [0.29, 0.717) is 11.6 Å². The van der Waals surface area contributed by atoms with Crippen molar-refractivity contribution in [2.75, 3.05) is 0 Å². The van der Waals surface area contributed by atoms with E-state index >= 15 is 0 Å². The van der Waals surface area contributed by atoms with Crippen LogP contribution in [0.3, 0.4) is 0 Å². The molecule has 0 spiro atoms. The number of benzene rings is 5. The summed E-state index contributed by atoms with van der Waals surface area (Å²) in [5.74, 6) is 1.95. The summed E-state index contributed by atoms with van der Waals surface area (Å²) in [6.45, 7) is 0. The molecular weight excluding hydrogens is 734 g/mol. The molecule has 216 valence electrons. The number of nitrogens with zero attached hydrogens (tertiary/aromatic N) is 3. The molecule has 3 aromatic heterocycles. The number of rotatable bonds is 6. The van der Waals surface area contributed by atoms with Crippen LogP contribution >= 0.6 is 0 Å². The second-order valence-corrected chi connectivity index (χ2v) is 10.5. The summed E-state index contributed by atoms with van der Waals surface area (Å²) < 4.78 is 8.39. The summed E-state index contributed by atoms with van der Waals surface area (Å²) >= 11 is 0. The third-order valence-corrected chi connectivity index (χ3v) is 7.78. The molecule has 0 amide bonds. The molecule has 0 aliphatic rings. The van der Waals surface area contributed by atoms with E-state index < -0.39 is 0 Å². The monoisotopic (exact) mass is 758 g/mol. The van der Waals surface area contributed by atoms with Crippen LogP contribution in [0.4, 0.5) is 0 Å². The average Bonchev–Trinajstić information content (AvgIpc) is 3.43. The smallest absolute Gasteiger partial charge is 0.460 e. The van der Waals surface area contributed by atoms with Crippen molar-refractivity contribution in [3.63, 3.8) is 0 Å². The maximum Gasteiger partial charge on any atom is 2.00 e. The molecule has 8 rings (SSSR count). The average molecular weight is 759 g/mol. The Bertz CT molecular complexity index is 2260. The molecule has 0 N–H and O–H groups in total. The van der Waals surface area contributed by atoms with Crippen LogP contribution in [-0.2, 0) is 21.1 Å². The molecule has 8 aromatic rings. The molecule has 0 fully saturated rings. The molecule has 45 heavy (non-hydrogen) atoms. The van der Waals surface area contributed by atoms with Crippen LogP contribution in [0, 0.1) is 12.1 Å². The van der Waals surface area contributed by atoms with E-state index in [4.69, 9.17) is 9.72 Å². The van der Waals surface area contributed by atoms with E-state index in [-0.39, 0.29) is 21.1 Å². The van der Waals surface area contributed by atoms with E-state index in [0.717, 1.165) is 61.0 Å². The summed E-state index contributed by atoms with van der Waals surface area (Å²) in [4.78, 5) is 9.25. The normalized spacial score (nSPS) is 10.9. The zero-order chi connectivity index (χ0) is 29.3. The van der Waals surface area contributed by atoms with Gasteiger partial charge in [-0.2, -0.15) is 24.3 Å². The van der Waals surface area contributed by atoms with Crippen molar-refractivity contribution in [3.8, 4) is 50.8 Å². The van der Waals surface area contributed by atoms with Crippen LogP contribution in [0.15, 0.2) is 152 Å². The summed E-state index contributed by atoms with van der Waals surface area (Å²) in [5, 5.41) is 2.27. The van der Waals surface area contributed by atoms with E-state index in [1.165, 1.54) is 0 Å². The Kier molecular flexibility index (Phi) is 7.81. The van der Waals surface area contributed by atoms with Crippen LogP contribution < -0.4 is 4.74 Å². The topological polar surface area (TPSA) is 39.9 Å². The van der Waals surface area contributed by atoms with Crippen LogP contribution in [-0.4, -0.2) is 14.5 Å². The molecule has 4 nitrogen and oxygen atoms in total. The standard InChI is InChI=1S/C40H25N3O.Pt/c1-3-10-28(11-4-1)32-20-22-41-39(26-32)43-37-17-8-7-16-35(37)36-19-18-31(25-38(36)43)30-14-9-15-34(24-30)44-40-27-33(21-23-42-40)29-12-5-2-6-13-29;/h1-23,26-27H;/q-2;+2. The number of fused-ring (bicyclic) bond motifs is 3. The zero-order valence-corrected chi connectivity index (χ0v) is 26.3. The third kappa shape index (κ3) is 5.57. The summed E-state index contributed by atoms with van der Waals surface area (Å²) in [7, 11) is 0. The Morgan fingerprint density at radius 3 is 1.96 bits per heavy atom. The van der Waals surface area contributed by atoms with Crippen LogP contribution in [0.2, 0.25) is 0 Å². The fourth-order valence-corrected chi connectivity index (χ4v) is 5.69. The maximum atomic E-state index is 6.19. The van der Waals surface area contributed by atoms with Gasteiger partial charge in [-0.25, -0.2) is 21.1 Å². The Morgan fingerprint density at radius 2 is 1.18 bits per heavy atom. The van der Waals surface area contributed by atoms with Gasteiger partial charge in [0, 0.05) is 29.7 Å². The third-order valence-electron chi connectivity index (χ3n) is 7.78. The number of hydrogen-bond donors (Lipinski definition) is 0. The molecule has 5 aromatic carbocycles. The molecule has 0 atom stereocenters. The van der Waals surface area contributed by atoms with Crippen molar-refractivity contribution in [2.45, 2.75) is 0 Å². The molecular formula is C40H25N3OPt. The van der Waals surface area contributed by atoms with E-state index in [1.54, 1.807) is 6.20 Å². The second kappa shape index (κ2) is 12.4. The molecule has 0 radical (unpaired) electrons. The van der Waals surface area contributed by atoms with Gasteiger partial charge in [0.05, 0.1) is 0 Å². The number of hydrogen-bond acceptors (Lipinski definition) is 3. The summed E-state index contributed by atoms with van der Waals surface area (Å²) in [6, 6.07) is 54.4. The van der Waals surface area contributed by atoms with Gasteiger partial charge in [-0.3, -0.25) is 0 Å². The second-order valence-electron chi connectivity index (χ2n) is 10.5. The van der Waals surface area contributed by atoms with Gasteiger partial charge < -0.3 is 9.30 Å². The van der Waals surface area contributed by atoms with Gasteiger partial charge in [0.2, 0.25) is 5.88 Å². The van der Waals surface area contributed by atoms with Crippen molar-refractivity contribution in [1.29, 1.82) is 0 Å². The quantitative estimate of drug-likeness (QED) is 0.159. The molecule has 3 heterocycles. The maximum absolute atomic E-state index is 6.19. The predicted octanol–water partition coefficient (Wildman–Crippen LogP) is 9.96. The first-order chi connectivity index (χ1) is 21.8. The minimum atomic E-state index is 0. The Labute approximate surface area is 275 Å². The molecule has 0 bridgehead atoms. The van der Waals surface area contributed by atoms with Crippen LogP contribution in [0.5, 0.6) is 11.6 Å². The van der Waals surface area contributed by atoms with Gasteiger partial charge in [-0.05, 0) is 57.4 Å². The fraction of sp³-hybridized carbons (Fsp3) is 0. The van der Waals surface area contributed by atoms with Gasteiger partial charge in [-0.15, -0.1) is 18.2 Å². The molecule has 0 saturated heterocycles. The Hall–Kier alpha value is -5.31. The van der Waals surface area contributed by atoms with Crippen molar-refractivity contribution in [3.05, 3.63) is 164 Å². The van der Waals surface area contributed by atoms with E-state index in [1.807, 2.05) is 66.9 Å². The fourth-order valence-electron chi connectivity index (χ4n) is 5.69. The van der Waals surface area contributed by atoms with Crippen LogP contribution in [0.25, 0.3) is 61.0 Å². The first kappa shape index (κ1) is 28.5. The van der Waals surface area contributed by atoms with Gasteiger partial charge >= 0.3 is 21.1 Å². The molecule has 0 unspecified atom stereocenters. The Balaban J connectivity index is 0.00000325. The van der Waals surface area contributed by atoms with Crippen molar-refractivity contribution < 1.29 is 25.8 Å². The van der Waals surface area contributed by atoms with Gasteiger partial charge in [0.15, 0.2) is 0 Å². The molecule has 0 aliphatic heterocycles. The number of ether oxygens (including phenoxy) is 1. The number of para-hydroxylation sites is 1. The SMILES string of the molecule is [Pt+2].[c-]1c(Oc2cc(-c3ccccc3)ccn2)cccc1-c1[c-]c2c(cc1)c1ccccc1n2-c1cc(-c2ccccc2)ccn1. The minimum Gasteiger partial charge on any atom is -0.460 e. The van der Waals surface area contributed by atoms with Crippen molar-refractivity contribution >= 4 is 21.8 Å². The first-order valence-electron chi connectivity index (χ1n) is 14.5. The van der Waals surface area contributed by atoms with E-state index in [2.05, 4.69) is 101 Å². The first-order valence-corrected chi connectivity index (χ1v) is 14.5. The van der Waals surface area contributed by atoms with Gasteiger partial charge in [0.25, 0.3) is 0 Å². The van der Waals surface area contributed by atoms with Gasteiger partial charge in [0.1, 0.15) is 5.82 Å². The molecule has 0 aliphatic carbocycles. The molecule has 0 saturated carbocycles. The number of pyridine rings is 2.